The number of anilines is 1. The highest BCUT2D eigenvalue weighted by Gasteiger charge is 2.16. The number of rotatable bonds is 3. The number of carboxylic acid groups (broad SMARTS) is 1. The van der Waals surface area contributed by atoms with Crippen LogP contribution in [-0.2, 0) is 10.0 Å². The molecular weight excluding hydrogens is 332 g/mol. The highest BCUT2D eigenvalue weighted by atomic mass is 32.2. The molecule has 3 aromatic rings. The van der Waals surface area contributed by atoms with Crippen LogP contribution in [0.25, 0.3) is 22.0 Å². The first-order chi connectivity index (χ1) is 11.3. The topological polar surface area (TPSA) is 114 Å². The molecule has 0 unspecified atom stereocenters. The summed E-state index contributed by atoms with van der Waals surface area (Å²) in [6.45, 7) is 1.73. The predicted molar refractivity (Wildman–Crippen MR) is 89.6 cm³/mol. The molecule has 0 aliphatic rings. The van der Waals surface area contributed by atoms with E-state index in [0.29, 0.717) is 27.7 Å². The fourth-order valence-electron chi connectivity index (χ4n) is 2.56. The van der Waals surface area contributed by atoms with Gasteiger partial charge in [0.05, 0.1) is 17.5 Å². The zero-order valence-corrected chi connectivity index (χ0v) is 13.7. The van der Waals surface area contributed by atoms with Gasteiger partial charge in [-0.05, 0) is 30.7 Å². The highest BCUT2D eigenvalue weighted by Crippen LogP contribution is 2.31. The standard InChI is InChI=1S/C15H14N4O4S/c1-9-14-11(4-6-19(14)24(2,22)23)12(8-17-9)10-3-5-16-13(7-10)18-15(20)21/h3-8H,1-2H3,(H,16,18)(H,20,21). The average Bonchev–Trinajstić information content (AvgIpc) is 2.93. The van der Waals surface area contributed by atoms with E-state index < -0.39 is 16.1 Å². The van der Waals surface area contributed by atoms with Crippen molar-refractivity contribution in [2.45, 2.75) is 6.92 Å². The number of amides is 1. The van der Waals surface area contributed by atoms with Gasteiger partial charge in [0.1, 0.15) is 5.82 Å². The van der Waals surface area contributed by atoms with Crippen molar-refractivity contribution >= 4 is 32.8 Å². The molecule has 0 saturated heterocycles. The van der Waals surface area contributed by atoms with Gasteiger partial charge in [0.2, 0.25) is 10.0 Å². The molecule has 0 aliphatic heterocycles. The van der Waals surface area contributed by atoms with Crippen LogP contribution >= 0.6 is 0 Å². The number of aromatic nitrogens is 3. The Hall–Kier alpha value is -2.94. The number of nitrogens with one attached hydrogen (secondary N) is 1. The van der Waals surface area contributed by atoms with Gasteiger partial charge in [0.25, 0.3) is 0 Å². The third-order valence-corrected chi connectivity index (χ3v) is 4.55. The zero-order chi connectivity index (χ0) is 17.5. The summed E-state index contributed by atoms with van der Waals surface area (Å²) in [4.78, 5) is 19.0. The molecule has 0 spiro atoms. The minimum Gasteiger partial charge on any atom is -0.465 e. The van der Waals surface area contributed by atoms with E-state index in [1.165, 1.54) is 16.4 Å². The molecule has 0 fully saturated rings. The first-order valence-electron chi connectivity index (χ1n) is 6.91. The van der Waals surface area contributed by atoms with Gasteiger partial charge in [-0.2, -0.15) is 0 Å². The van der Waals surface area contributed by atoms with Crippen molar-refractivity contribution in [3.63, 3.8) is 0 Å². The highest BCUT2D eigenvalue weighted by molar-refractivity contribution is 7.89. The minimum atomic E-state index is -3.46. The van der Waals surface area contributed by atoms with Crippen LogP contribution in [0.3, 0.4) is 0 Å². The van der Waals surface area contributed by atoms with E-state index in [0.717, 1.165) is 6.26 Å². The fraction of sp³-hybridized carbons (Fsp3) is 0.133. The molecule has 24 heavy (non-hydrogen) atoms. The molecule has 3 heterocycles. The maximum atomic E-state index is 11.9. The van der Waals surface area contributed by atoms with Gasteiger partial charge in [-0.15, -0.1) is 0 Å². The molecule has 124 valence electrons. The first kappa shape index (κ1) is 15.9. The number of hydrogen-bond acceptors (Lipinski definition) is 5. The van der Waals surface area contributed by atoms with Crippen LogP contribution in [0.5, 0.6) is 0 Å². The third kappa shape index (κ3) is 2.81. The van der Waals surface area contributed by atoms with Crippen LogP contribution in [0.2, 0.25) is 0 Å². The Balaban J connectivity index is 2.23. The Morgan fingerprint density at radius 3 is 2.71 bits per heavy atom. The summed E-state index contributed by atoms with van der Waals surface area (Å²) < 4.78 is 25.1. The second kappa shape index (κ2) is 5.60. The zero-order valence-electron chi connectivity index (χ0n) is 12.9. The normalized spacial score (nSPS) is 11.6. The molecule has 3 rings (SSSR count). The van der Waals surface area contributed by atoms with Crippen LogP contribution in [0, 0.1) is 6.92 Å². The van der Waals surface area contributed by atoms with Gasteiger partial charge >= 0.3 is 6.09 Å². The van der Waals surface area contributed by atoms with Crippen molar-refractivity contribution in [2.75, 3.05) is 11.6 Å². The van der Waals surface area contributed by atoms with E-state index >= 15 is 0 Å². The number of fused-ring (bicyclic) bond motifs is 1. The van der Waals surface area contributed by atoms with E-state index in [2.05, 4.69) is 15.3 Å². The van der Waals surface area contributed by atoms with Crippen molar-refractivity contribution in [3.05, 3.63) is 42.5 Å². The van der Waals surface area contributed by atoms with Gasteiger partial charge < -0.3 is 5.11 Å². The Morgan fingerprint density at radius 1 is 1.29 bits per heavy atom. The van der Waals surface area contributed by atoms with Crippen molar-refractivity contribution in [2.24, 2.45) is 0 Å². The summed E-state index contributed by atoms with van der Waals surface area (Å²) in [7, 11) is -3.46. The Bertz CT molecular complexity index is 1060. The van der Waals surface area contributed by atoms with E-state index in [-0.39, 0.29) is 5.82 Å². The summed E-state index contributed by atoms with van der Waals surface area (Å²) in [5.41, 5.74) is 2.45. The van der Waals surface area contributed by atoms with Gasteiger partial charge in [-0.1, -0.05) is 0 Å². The van der Waals surface area contributed by atoms with Crippen molar-refractivity contribution in [1.29, 1.82) is 0 Å². The minimum absolute atomic E-state index is 0.177. The van der Waals surface area contributed by atoms with Crippen LogP contribution in [0.4, 0.5) is 10.6 Å². The van der Waals surface area contributed by atoms with Gasteiger partial charge in [0, 0.05) is 29.5 Å². The number of pyridine rings is 2. The second-order valence-corrected chi connectivity index (χ2v) is 7.11. The molecule has 9 heteroatoms. The van der Waals surface area contributed by atoms with Crippen molar-refractivity contribution in [1.82, 2.24) is 13.9 Å². The number of hydrogen-bond donors (Lipinski definition) is 2. The lowest BCUT2D eigenvalue weighted by molar-refractivity contribution is 0.209. The first-order valence-corrected chi connectivity index (χ1v) is 8.76. The van der Waals surface area contributed by atoms with E-state index in [1.807, 2.05) is 0 Å². The Kier molecular flexibility index (Phi) is 3.72. The predicted octanol–water partition coefficient (Wildman–Crippen LogP) is 2.30. The molecular formula is C15H14N4O4S. The lowest BCUT2D eigenvalue weighted by atomic mass is 10.0. The molecule has 0 atom stereocenters. The van der Waals surface area contributed by atoms with Gasteiger partial charge in [-0.3, -0.25) is 10.3 Å². The average molecular weight is 346 g/mol. The number of aryl methyl sites for hydroxylation is 1. The van der Waals surface area contributed by atoms with Gasteiger partial charge in [-0.25, -0.2) is 22.2 Å². The maximum Gasteiger partial charge on any atom is 0.410 e. The van der Waals surface area contributed by atoms with Crippen LogP contribution in [-0.4, -0.2) is 39.8 Å². The quantitative estimate of drug-likeness (QED) is 0.752. The second-order valence-electron chi connectivity index (χ2n) is 5.25. The molecule has 2 N–H and O–H groups in total. The van der Waals surface area contributed by atoms with E-state index in [9.17, 15) is 13.2 Å². The summed E-state index contributed by atoms with van der Waals surface area (Å²) >= 11 is 0. The summed E-state index contributed by atoms with van der Waals surface area (Å²) in [5, 5.41) is 11.7. The largest absolute Gasteiger partial charge is 0.465 e. The molecule has 1 amide bonds. The fourth-order valence-corrected chi connectivity index (χ4v) is 3.40. The molecule has 0 saturated carbocycles. The number of carbonyl (C=O) groups is 1. The monoisotopic (exact) mass is 346 g/mol. The number of nitrogens with zero attached hydrogens (tertiary/aromatic N) is 3. The summed E-state index contributed by atoms with van der Waals surface area (Å²) in [5.74, 6) is 0.177. The van der Waals surface area contributed by atoms with Crippen LogP contribution in [0.1, 0.15) is 5.69 Å². The smallest absolute Gasteiger partial charge is 0.410 e. The molecule has 0 bridgehead atoms. The Labute approximate surface area is 137 Å². The van der Waals surface area contributed by atoms with Crippen LogP contribution < -0.4 is 5.32 Å². The maximum absolute atomic E-state index is 11.9. The molecule has 0 aliphatic carbocycles. The molecule has 8 nitrogen and oxygen atoms in total. The van der Waals surface area contributed by atoms with E-state index in [4.69, 9.17) is 5.11 Å². The van der Waals surface area contributed by atoms with Crippen molar-refractivity contribution < 1.29 is 18.3 Å². The van der Waals surface area contributed by atoms with Crippen molar-refractivity contribution in [3.8, 4) is 11.1 Å². The summed E-state index contributed by atoms with van der Waals surface area (Å²) in [6, 6.07) is 4.97. The van der Waals surface area contributed by atoms with E-state index in [1.54, 1.807) is 31.3 Å². The third-order valence-electron chi connectivity index (χ3n) is 3.54. The summed E-state index contributed by atoms with van der Waals surface area (Å²) in [6.07, 6.45) is 4.50. The lowest BCUT2D eigenvalue weighted by Gasteiger charge is -2.09. The molecule has 3 aromatic heterocycles. The van der Waals surface area contributed by atoms with Crippen LogP contribution in [0.15, 0.2) is 36.8 Å². The Morgan fingerprint density at radius 2 is 2.04 bits per heavy atom. The lowest BCUT2D eigenvalue weighted by Crippen LogP contribution is -2.09. The molecule has 0 radical (unpaired) electrons. The SMILES string of the molecule is Cc1ncc(-c2ccnc(NC(=O)O)c2)c2ccn(S(C)(=O)=O)c12. The molecule has 0 aromatic carbocycles. The van der Waals surface area contributed by atoms with Gasteiger partial charge in [0.15, 0.2) is 0 Å².